The van der Waals surface area contributed by atoms with Crippen LogP contribution in [0.15, 0.2) is 24.3 Å². The molecule has 1 heterocycles. The fraction of sp³-hybridized carbons (Fsp3) is 0.0909. The van der Waals surface area contributed by atoms with Crippen LogP contribution >= 0.6 is 45.5 Å². The smallest absolute Gasteiger partial charge is 0.351 e. The number of carbonyl (C=O) groups excluding carboxylic acids is 1. The first-order chi connectivity index (χ1) is 8.60. The molecule has 1 N–H and O–H groups in total. The molecule has 0 radical (unpaired) electrons. The number of nitrogens with zero attached hydrogens (tertiary/aromatic N) is 1. The van der Waals surface area contributed by atoms with Gasteiger partial charge in [-0.05, 0) is 40.8 Å². The SMILES string of the molecule is COC(=O)c1sc(Nc2cccc(I)c2)nc1Cl. The molecule has 94 valence electrons. The minimum Gasteiger partial charge on any atom is -0.465 e. The number of aromatic nitrogens is 1. The number of nitrogens with one attached hydrogen (secondary N) is 1. The van der Waals surface area contributed by atoms with Crippen LogP contribution in [0, 0.1) is 3.57 Å². The van der Waals surface area contributed by atoms with Crippen LogP contribution in [0.1, 0.15) is 9.67 Å². The van der Waals surface area contributed by atoms with E-state index in [1.807, 2.05) is 24.3 Å². The molecule has 1 aromatic heterocycles. The van der Waals surface area contributed by atoms with Crippen LogP contribution in [-0.2, 0) is 4.74 Å². The summed E-state index contributed by atoms with van der Waals surface area (Å²) in [4.78, 5) is 15.8. The minimum atomic E-state index is -0.479. The second-order valence-electron chi connectivity index (χ2n) is 3.27. The number of carbonyl (C=O) groups is 1. The lowest BCUT2D eigenvalue weighted by Gasteiger charge is -2.01. The molecule has 0 spiro atoms. The van der Waals surface area contributed by atoms with Gasteiger partial charge < -0.3 is 10.1 Å². The molecular weight excluding hydrogens is 387 g/mol. The van der Waals surface area contributed by atoms with Crippen LogP contribution in [0.25, 0.3) is 0 Å². The summed E-state index contributed by atoms with van der Waals surface area (Å²) in [5, 5.41) is 3.81. The molecule has 2 aromatic rings. The molecule has 0 saturated carbocycles. The van der Waals surface area contributed by atoms with E-state index in [0.717, 1.165) is 20.6 Å². The molecule has 0 saturated heterocycles. The van der Waals surface area contributed by atoms with E-state index in [-0.39, 0.29) is 5.15 Å². The van der Waals surface area contributed by atoms with Gasteiger partial charge in [-0.3, -0.25) is 0 Å². The summed E-state index contributed by atoms with van der Waals surface area (Å²) in [6.07, 6.45) is 0. The Labute approximate surface area is 126 Å². The van der Waals surface area contributed by atoms with E-state index < -0.39 is 5.97 Å². The Balaban J connectivity index is 2.23. The molecular formula is C11H8ClIN2O2S. The maximum absolute atomic E-state index is 11.4. The van der Waals surface area contributed by atoms with E-state index in [1.165, 1.54) is 7.11 Å². The maximum atomic E-state index is 11.4. The predicted molar refractivity (Wildman–Crippen MR) is 80.9 cm³/mol. The van der Waals surface area contributed by atoms with Crippen molar-refractivity contribution in [1.29, 1.82) is 0 Å². The molecule has 0 amide bonds. The van der Waals surface area contributed by atoms with E-state index in [1.54, 1.807) is 0 Å². The molecule has 7 heteroatoms. The van der Waals surface area contributed by atoms with E-state index in [0.29, 0.717) is 10.0 Å². The Hall–Kier alpha value is -0.860. The monoisotopic (exact) mass is 394 g/mol. The summed E-state index contributed by atoms with van der Waals surface area (Å²) < 4.78 is 5.72. The first kappa shape index (κ1) is 13.6. The Kier molecular flexibility index (Phi) is 4.41. The van der Waals surface area contributed by atoms with Crippen LogP contribution in [0.2, 0.25) is 5.15 Å². The molecule has 0 atom stereocenters. The summed E-state index contributed by atoms with van der Waals surface area (Å²) in [7, 11) is 1.31. The summed E-state index contributed by atoms with van der Waals surface area (Å²) in [6, 6.07) is 7.80. The molecule has 4 nitrogen and oxygen atoms in total. The van der Waals surface area contributed by atoms with Crippen molar-refractivity contribution < 1.29 is 9.53 Å². The highest BCUT2D eigenvalue weighted by atomic mass is 127. The Morgan fingerprint density at radius 1 is 1.56 bits per heavy atom. The number of benzene rings is 1. The molecule has 2 rings (SSSR count). The standard InChI is InChI=1S/C11H8ClIN2O2S/c1-17-10(16)8-9(12)15-11(18-8)14-7-4-2-3-6(13)5-7/h2-5H,1H3,(H,14,15). The first-order valence-electron chi connectivity index (χ1n) is 4.87. The topological polar surface area (TPSA) is 51.2 Å². The lowest BCUT2D eigenvalue weighted by molar-refractivity contribution is 0.0606. The zero-order valence-electron chi connectivity index (χ0n) is 9.24. The van der Waals surface area contributed by atoms with Crippen molar-refractivity contribution in [3.8, 4) is 0 Å². The van der Waals surface area contributed by atoms with Gasteiger partial charge in [0.15, 0.2) is 15.2 Å². The largest absolute Gasteiger partial charge is 0.465 e. The zero-order valence-corrected chi connectivity index (χ0v) is 13.0. The van der Waals surface area contributed by atoms with E-state index in [9.17, 15) is 4.79 Å². The fourth-order valence-electron chi connectivity index (χ4n) is 1.26. The van der Waals surface area contributed by atoms with Crippen LogP contribution in [0.3, 0.4) is 0 Å². The van der Waals surface area contributed by atoms with Crippen LogP contribution < -0.4 is 5.32 Å². The van der Waals surface area contributed by atoms with Gasteiger partial charge in [0.25, 0.3) is 0 Å². The van der Waals surface area contributed by atoms with E-state index in [4.69, 9.17) is 11.6 Å². The molecule has 0 unspecified atom stereocenters. The third kappa shape index (κ3) is 3.12. The maximum Gasteiger partial charge on any atom is 0.351 e. The van der Waals surface area contributed by atoms with Crippen LogP contribution in [-0.4, -0.2) is 18.1 Å². The molecule has 0 aliphatic heterocycles. The molecule has 0 bridgehead atoms. The van der Waals surface area contributed by atoms with Gasteiger partial charge >= 0.3 is 5.97 Å². The zero-order chi connectivity index (χ0) is 13.1. The lowest BCUT2D eigenvalue weighted by Crippen LogP contribution is -1.98. The normalized spacial score (nSPS) is 10.2. The highest BCUT2D eigenvalue weighted by Crippen LogP contribution is 2.29. The van der Waals surface area contributed by atoms with Gasteiger partial charge in [0.05, 0.1) is 7.11 Å². The summed E-state index contributed by atoms with van der Waals surface area (Å²) in [6.45, 7) is 0. The summed E-state index contributed by atoms with van der Waals surface area (Å²) in [5.74, 6) is -0.479. The van der Waals surface area contributed by atoms with Gasteiger partial charge in [0.2, 0.25) is 0 Å². The number of rotatable bonds is 3. The highest BCUT2D eigenvalue weighted by Gasteiger charge is 2.17. The Morgan fingerprint density at radius 3 is 3.00 bits per heavy atom. The van der Waals surface area contributed by atoms with E-state index in [2.05, 4.69) is 37.6 Å². The minimum absolute atomic E-state index is 0.153. The van der Waals surface area contributed by atoms with Crippen LogP contribution in [0.4, 0.5) is 10.8 Å². The summed E-state index contributed by atoms with van der Waals surface area (Å²) >= 11 is 9.25. The van der Waals surface area contributed by atoms with Crippen molar-refractivity contribution in [3.63, 3.8) is 0 Å². The number of thiazole rings is 1. The third-order valence-corrected chi connectivity index (χ3v) is 4.04. The fourth-order valence-corrected chi connectivity index (χ4v) is 2.93. The second-order valence-corrected chi connectivity index (χ2v) is 5.87. The van der Waals surface area contributed by atoms with Crippen molar-refractivity contribution in [3.05, 3.63) is 37.9 Å². The van der Waals surface area contributed by atoms with Gasteiger partial charge in [0.1, 0.15) is 0 Å². The highest BCUT2D eigenvalue weighted by molar-refractivity contribution is 14.1. The quantitative estimate of drug-likeness (QED) is 0.633. The van der Waals surface area contributed by atoms with Crippen molar-refractivity contribution >= 4 is 62.3 Å². The molecule has 1 aromatic carbocycles. The molecule has 0 aliphatic carbocycles. The van der Waals surface area contributed by atoms with Gasteiger partial charge in [-0.2, -0.15) is 0 Å². The first-order valence-corrected chi connectivity index (χ1v) is 7.14. The van der Waals surface area contributed by atoms with Crippen molar-refractivity contribution in [2.24, 2.45) is 0 Å². The van der Waals surface area contributed by atoms with Crippen molar-refractivity contribution in [1.82, 2.24) is 4.98 Å². The molecule has 0 fully saturated rings. The second kappa shape index (κ2) is 5.85. The number of methoxy groups -OCH3 is 1. The van der Waals surface area contributed by atoms with Crippen LogP contribution in [0.5, 0.6) is 0 Å². The lowest BCUT2D eigenvalue weighted by atomic mass is 10.3. The number of hydrogen-bond donors (Lipinski definition) is 1. The van der Waals surface area contributed by atoms with Crippen molar-refractivity contribution in [2.45, 2.75) is 0 Å². The van der Waals surface area contributed by atoms with Gasteiger partial charge in [-0.1, -0.05) is 29.0 Å². The van der Waals surface area contributed by atoms with Gasteiger partial charge in [0, 0.05) is 9.26 Å². The number of halogens is 2. The summed E-state index contributed by atoms with van der Waals surface area (Å²) in [5.41, 5.74) is 0.892. The Bertz CT molecular complexity index is 588. The number of ether oxygens (including phenoxy) is 1. The average molecular weight is 395 g/mol. The average Bonchev–Trinajstić information content (AvgIpc) is 2.69. The molecule has 18 heavy (non-hydrogen) atoms. The molecule has 0 aliphatic rings. The number of anilines is 2. The van der Waals surface area contributed by atoms with Gasteiger partial charge in [-0.25, -0.2) is 9.78 Å². The van der Waals surface area contributed by atoms with Gasteiger partial charge in [-0.15, -0.1) is 0 Å². The number of esters is 1. The third-order valence-electron chi connectivity index (χ3n) is 2.03. The van der Waals surface area contributed by atoms with Crippen molar-refractivity contribution in [2.75, 3.05) is 12.4 Å². The predicted octanol–water partition coefficient (Wildman–Crippen LogP) is 3.93. The van der Waals surface area contributed by atoms with E-state index >= 15 is 0 Å². The Morgan fingerprint density at radius 2 is 2.33 bits per heavy atom. The number of hydrogen-bond acceptors (Lipinski definition) is 5.